The highest BCUT2D eigenvalue weighted by molar-refractivity contribution is 14.1. The molecule has 1 aliphatic rings. The van der Waals surface area contributed by atoms with Crippen LogP contribution in [0.5, 0.6) is 0 Å². The van der Waals surface area contributed by atoms with E-state index in [0.717, 1.165) is 24.8 Å². The lowest BCUT2D eigenvalue weighted by molar-refractivity contribution is 0.436. The summed E-state index contributed by atoms with van der Waals surface area (Å²) in [4.78, 5) is 10.7. The molecular formula is C10H13ClIN3. The van der Waals surface area contributed by atoms with E-state index >= 15 is 0 Å². The van der Waals surface area contributed by atoms with Crippen molar-refractivity contribution in [2.75, 3.05) is 18.0 Å². The largest absolute Gasteiger partial charge is 0.356 e. The summed E-state index contributed by atoms with van der Waals surface area (Å²) in [6.07, 6.45) is 2.47. The van der Waals surface area contributed by atoms with Gasteiger partial charge in [-0.3, -0.25) is 0 Å². The number of piperidine rings is 1. The number of hydrogen-bond acceptors (Lipinski definition) is 3. The van der Waals surface area contributed by atoms with Crippen molar-refractivity contribution in [3.63, 3.8) is 0 Å². The molecule has 1 aliphatic heterocycles. The maximum absolute atomic E-state index is 5.92. The summed E-state index contributed by atoms with van der Waals surface area (Å²) in [5.74, 6) is 1.80. The molecule has 2 rings (SSSR count). The van der Waals surface area contributed by atoms with Crippen LogP contribution in [0.4, 0.5) is 5.82 Å². The first-order valence-corrected chi connectivity index (χ1v) is 6.56. The van der Waals surface area contributed by atoms with Crippen LogP contribution in [0.15, 0.2) is 6.07 Å². The predicted octanol–water partition coefficient (Wildman–Crippen LogP) is 2.97. The Morgan fingerprint density at radius 3 is 2.67 bits per heavy atom. The third kappa shape index (κ3) is 2.93. The standard InChI is InChI=1S/C10H13ClIN3/c1-7-2-4-15(5-3-7)9-6-8(11)13-10(12)14-9/h6-7H,2-5H2,1H3. The van der Waals surface area contributed by atoms with Crippen LogP contribution in [0.25, 0.3) is 0 Å². The van der Waals surface area contributed by atoms with E-state index in [0.29, 0.717) is 8.98 Å². The summed E-state index contributed by atoms with van der Waals surface area (Å²) in [5.41, 5.74) is 0. The van der Waals surface area contributed by atoms with Gasteiger partial charge in [0.15, 0.2) is 3.83 Å². The lowest BCUT2D eigenvalue weighted by atomic mass is 9.99. The maximum Gasteiger partial charge on any atom is 0.194 e. The smallest absolute Gasteiger partial charge is 0.194 e. The molecule has 2 heterocycles. The van der Waals surface area contributed by atoms with Crippen LogP contribution in [0.2, 0.25) is 5.15 Å². The van der Waals surface area contributed by atoms with Gasteiger partial charge in [0.05, 0.1) is 0 Å². The van der Waals surface area contributed by atoms with Gasteiger partial charge in [0.25, 0.3) is 0 Å². The molecule has 0 amide bonds. The highest BCUT2D eigenvalue weighted by Crippen LogP contribution is 2.23. The topological polar surface area (TPSA) is 29.0 Å². The zero-order valence-electron chi connectivity index (χ0n) is 8.58. The fourth-order valence-corrected chi connectivity index (χ4v) is 2.61. The Balaban J connectivity index is 2.15. The number of rotatable bonds is 1. The highest BCUT2D eigenvalue weighted by Gasteiger charge is 2.17. The van der Waals surface area contributed by atoms with Gasteiger partial charge in [0.2, 0.25) is 0 Å². The Morgan fingerprint density at radius 2 is 2.07 bits per heavy atom. The highest BCUT2D eigenvalue weighted by atomic mass is 127. The van der Waals surface area contributed by atoms with Crippen molar-refractivity contribution in [2.45, 2.75) is 19.8 Å². The summed E-state index contributed by atoms with van der Waals surface area (Å²) in [6.45, 7) is 4.45. The van der Waals surface area contributed by atoms with E-state index in [1.165, 1.54) is 12.8 Å². The first-order chi connectivity index (χ1) is 7.15. The molecular weight excluding hydrogens is 324 g/mol. The second kappa shape index (κ2) is 4.82. The quantitative estimate of drug-likeness (QED) is 0.448. The van der Waals surface area contributed by atoms with Crippen molar-refractivity contribution in [2.24, 2.45) is 5.92 Å². The molecule has 82 valence electrons. The van der Waals surface area contributed by atoms with Gasteiger partial charge in [-0.25, -0.2) is 9.97 Å². The van der Waals surface area contributed by atoms with E-state index < -0.39 is 0 Å². The Morgan fingerprint density at radius 1 is 1.40 bits per heavy atom. The third-order valence-corrected chi connectivity index (χ3v) is 3.44. The van der Waals surface area contributed by atoms with E-state index in [9.17, 15) is 0 Å². The minimum absolute atomic E-state index is 0.531. The number of anilines is 1. The van der Waals surface area contributed by atoms with Gasteiger partial charge >= 0.3 is 0 Å². The molecule has 0 aliphatic carbocycles. The predicted molar refractivity (Wildman–Crippen MR) is 70.4 cm³/mol. The van der Waals surface area contributed by atoms with E-state index in [-0.39, 0.29) is 0 Å². The summed E-state index contributed by atoms with van der Waals surface area (Å²) in [7, 11) is 0. The van der Waals surface area contributed by atoms with Crippen LogP contribution < -0.4 is 4.90 Å². The lowest BCUT2D eigenvalue weighted by Gasteiger charge is -2.31. The van der Waals surface area contributed by atoms with Crippen molar-refractivity contribution in [3.8, 4) is 0 Å². The molecule has 0 spiro atoms. The molecule has 15 heavy (non-hydrogen) atoms. The number of halogens is 2. The maximum atomic E-state index is 5.92. The van der Waals surface area contributed by atoms with E-state index in [1.54, 1.807) is 0 Å². The molecule has 0 unspecified atom stereocenters. The van der Waals surface area contributed by atoms with E-state index in [4.69, 9.17) is 11.6 Å². The monoisotopic (exact) mass is 337 g/mol. The molecule has 5 heteroatoms. The zero-order valence-corrected chi connectivity index (χ0v) is 11.5. The lowest BCUT2D eigenvalue weighted by Crippen LogP contribution is -2.33. The van der Waals surface area contributed by atoms with Gasteiger partial charge in [-0.1, -0.05) is 18.5 Å². The molecule has 0 bridgehead atoms. The Kier molecular flexibility index (Phi) is 3.66. The van der Waals surface area contributed by atoms with E-state index in [1.807, 2.05) is 6.07 Å². The minimum atomic E-state index is 0.531. The Labute approximate surface area is 108 Å². The van der Waals surface area contributed by atoms with Gasteiger partial charge in [0.1, 0.15) is 11.0 Å². The molecule has 0 aromatic carbocycles. The van der Waals surface area contributed by atoms with Crippen LogP contribution in [-0.2, 0) is 0 Å². The molecule has 3 nitrogen and oxygen atoms in total. The molecule has 0 saturated carbocycles. The first-order valence-electron chi connectivity index (χ1n) is 5.10. The molecule has 0 radical (unpaired) electrons. The number of aromatic nitrogens is 2. The Bertz CT molecular complexity index is 330. The average Bonchev–Trinajstić information content (AvgIpc) is 2.17. The van der Waals surface area contributed by atoms with Crippen molar-refractivity contribution in [1.82, 2.24) is 9.97 Å². The van der Waals surface area contributed by atoms with Crippen LogP contribution in [0.3, 0.4) is 0 Å². The summed E-state index contributed by atoms with van der Waals surface area (Å²) < 4.78 is 0.716. The SMILES string of the molecule is CC1CCN(c2cc(Cl)nc(I)n2)CC1. The number of hydrogen-bond donors (Lipinski definition) is 0. The second-order valence-corrected chi connectivity index (χ2v) is 5.34. The molecule has 1 aromatic rings. The van der Waals surface area contributed by atoms with Gasteiger partial charge in [-0.15, -0.1) is 0 Å². The molecule has 1 aromatic heterocycles. The fraction of sp³-hybridized carbons (Fsp3) is 0.600. The second-order valence-electron chi connectivity index (χ2n) is 3.99. The van der Waals surface area contributed by atoms with Crippen LogP contribution >= 0.6 is 34.2 Å². The molecule has 1 fully saturated rings. The molecule has 0 atom stereocenters. The average molecular weight is 338 g/mol. The fourth-order valence-electron chi connectivity index (χ4n) is 1.78. The normalized spacial score (nSPS) is 18.2. The summed E-state index contributed by atoms with van der Waals surface area (Å²) in [5, 5.41) is 0.531. The zero-order chi connectivity index (χ0) is 10.8. The molecule has 1 saturated heterocycles. The van der Waals surface area contributed by atoms with Crippen molar-refractivity contribution >= 4 is 40.0 Å². The number of nitrogens with zero attached hydrogens (tertiary/aromatic N) is 3. The van der Waals surface area contributed by atoms with Crippen LogP contribution in [0.1, 0.15) is 19.8 Å². The van der Waals surface area contributed by atoms with Gasteiger partial charge < -0.3 is 4.90 Å². The summed E-state index contributed by atoms with van der Waals surface area (Å²) >= 11 is 8.01. The van der Waals surface area contributed by atoms with Crippen LogP contribution in [0, 0.1) is 9.75 Å². The van der Waals surface area contributed by atoms with Gasteiger partial charge in [0, 0.05) is 41.7 Å². The van der Waals surface area contributed by atoms with Crippen molar-refractivity contribution < 1.29 is 0 Å². The van der Waals surface area contributed by atoms with Crippen LogP contribution in [-0.4, -0.2) is 23.1 Å². The van der Waals surface area contributed by atoms with Crippen molar-refractivity contribution in [3.05, 3.63) is 15.1 Å². The first kappa shape index (κ1) is 11.4. The van der Waals surface area contributed by atoms with Gasteiger partial charge in [-0.2, -0.15) is 0 Å². The molecule has 0 N–H and O–H groups in total. The third-order valence-electron chi connectivity index (χ3n) is 2.76. The Hall–Kier alpha value is -0.100. The van der Waals surface area contributed by atoms with Crippen molar-refractivity contribution in [1.29, 1.82) is 0 Å². The van der Waals surface area contributed by atoms with E-state index in [2.05, 4.69) is 44.4 Å². The minimum Gasteiger partial charge on any atom is -0.356 e. The van der Waals surface area contributed by atoms with Gasteiger partial charge in [-0.05, 0) is 18.8 Å². The summed E-state index contributed by atoms with van der Waals surface area (Å²) in [6, 6.07) is 1.85.